The van der Waals surface area contributed by atoms with E-state index in [1.165, 1.54) is 6.42 Å². The topological polar surface area (TPSA) is 20.3 Å². The third kappa shape index (κ3) is 1.73. The second-order valence-corrected chi connectivity index (χ2v) is 3.63. The average molecular weight is 155 g/mol. The molecule has 1 aliphatic rings. The lowest BCUT2D eigenvalue weighted by Gasteiger charge is -2.32. The molecule has 0 N–H and O–H groups in total. The summed E-state index contributed by atoms with van der Waals surface area (Å²) in [6.45, 7) is 5.18. The molecule has 1 saturated heterocycles. The van der Waals surface area contributed by atoms with Gasteiger partial charge in [-0.05, 0) is 12.3 Å². The molecule has 2 atom stereocenters. The number of rotatable bonds is 1. The first kappa shape index (κ1) is 8.57. The highest BCUT2D eigenvalue weighted by molar-refractivity contribution is 5.78. The van der Waals surface area contributed by atoms with E-state index in [0.717, 1.165) is 18.9 Å². The van der Waals surface area contributed by atoms with E-state index in [1.807, 2.05) is 18.9 Å². The number of piperidine rings is 1. The summed E-state index contributed by atoms with van der Waals surface area (Å²) < 4.78 is 0. The highest BCUT2D eigenvalue weighted by atomic mass is 16.2. The third-order valence-electron chi connectivity index (χ3n) is 2.59. The maximum atomic E-state index is 11.3. The SMILES string of the molecule is CC[C@H]1C[C@H](C)C(=O)N(C)C1. The van der Waals surface area contributed by atoms with Crippen molar-refractivity contribution < 1.29 is 4.79 Å². The van der Waals surface area contributed by atoms with Crippen molar-refractivity contribution in [1.82, 2.24) is 4.90 Å². The van der Waals surface area contributed by atoms with E-state index in [4.69, 9.17) is 0 Å². The lowest BCUT2D eigenvalue weighted by molar-refractivity contribution is -0.137. The van der Waals surface area contributed by atoms with Crippen molar-refractivity contribution in [3.8, 4) is 0 Å². The molecule has 2 heteroatoms. The summed E-state index contributed by atoms with van der Waals surface area (Å²) >= 11 is 0. The Morgan fingerprint density at radius 1 is 1.64 bits per heavy atom. The summed E-state index contributed by atoms with van der Waals surface area (Å²) in [6.07, 6.45) is 2.28. The third-order valence-corrected chi connectivity index (χ3v) is 2.59. The van der Waals surface area contributed by atoms with Crippen LogP contribution >= 0.6 is 0 Å². The average Bonchev–Trinajstić information content (AvgIpc) is 1.99. The maximum absolute atomic E-state index is 11.3. The molecular formula is C9H17NO. The molecule has 0 spiro atoms. The van der Waals surface area contributed by atoms with Gasteiger partial charge in [-0.25, -0.2) is 0 Å². The largest absolute Gasteiger partial charge is 0.345 e. The fourth-order valence-electron chi connectivity index (χ4n) is 1.82. The molecule has 1 rings (SSSR count). The molecule has 0 saturated carbocycles. The highest BCUT2D eigenvalue weighted by Gasteiger charge is 2.27. The van der Waals surface area contributed by atoms with Gasteiger partial charge in [0.2, 0.25) is 5.91 Å². The Morgan fingerprint density at radius 3 is 2.73 bits per heavy atom. The van der Waals surface area contributed by atoms with Gasteiger partial charge in [0.15, 0.2) is 0 Å². The Kier molecular flexibility index (Phi) is 2.53. The molecule has 0 unspecified atom stereocenters. The molecule has 1 heterocycles. The van der Waals surface area contributed by atoms with Crippen LogP contribution in [0.3, 0.4) is 0 Å². The van der Waals surface area contributed by atoms with E-state index < -0.39 is 0 Å². The van der Waals surface area contributed by atoms with Crippen molar-refractivity contribution in [3.63, 3.8) is 0 Å². The molecule has 11 heavy (non-hydrogen) atoms. The van der Waals surface area contributed by atoms with Crippen LogP contribution in [0.4, 0.5) is 0 Å². The molecule has 1 fully saturated rings. The van der Waals surface area contributed by atoms with Gasteiger partial charge in [-0.1, -0.05) is 20.3 Å². The van der Waals surface area contributed by atoms with E-state index in [0.29, 0.717) is 5.91 Å². The van der Waals surface area contributed by atoms with Crippen LogP contribution in [0.5, 0.6) is 0 Å². The van der Waals surface area contributed by atoms with Crippen molar-refractivity contribution >= 4 is 5.91 Å². The summed E-state index contributed by atoms with van der Waals surface area (Å²) in [4.78, 5) is 13.2. The van der Waals surface area contributed by atoms with Crippen LogP contribution in [-0.2, 0) is 4.79 Å². The van der Waals surface area contributed by atoms with Gasteiger partial charge >= 0.3 is 0 Å². The van der Waals surface area contributed by atoms with Crippen molar-refractivity contribution in [2.24, 2.45) is 11.8 Å². The zero-order valence-electron chi connectivity index (χ0n) is 7.63. The van der Waals surface area contributed by atoms with Crippen LogP contribution in [0.2, 0.25) is 0 Å². The fraction of sp³-hybridized carbons (Fsp3) is 0.889. The number of carbonyl (C=O) groups is 1. The Morgan fingerprint density at radius 2 is 2.27 bits per heavy atom. The van der Waals surface area contributed by atoms with E-state index in [-0.39, 0.29) is 5.92 Å². The van der Waals surface area contributed by atoms with Crippen LogP contribution in [0.15, 0.2) is 0 Å². The molecule has 1 amide bonds. The predicted octanol–water partition coefficient (Wildman–Crippen LogP) is 1.51. The molecule has 1 aliphatic heterocycles. The van der Waals surface area contributed by atoms with Gasteiger partial charge in [0.1, 0.15) is 0 Å². The zero-order chi connectivity index (χ0) is 8.43. The Hall–Kier alpha value is -0.530. The molecule has 64 valence electrons. The van der Waals surface area contributed by atoms with Crippen molar-refractivity contribution in [2.45, 2.75) is 26.7 Å². The number of amides is 1. The van der Waals surface area contributed by atoms with E-state index in [9.17, 15) is 4.79 Å². The standard InChI is InChI=1S/C9H17NO/c1-4-8-5-7(2)9(11)10(3)6-8/h7-8H,4-6H2,1-3H3/t7-,8-/m0/s1. The molecule has 0 aromatic carbocycles. The van der Waals surface area contributed by atoms with Crippen LogP contribution in [0, 0.1) is 11.8 Å². The Labute approximate surface area is 68.6 Å². The first-order valence-corrected chi connectivity index (χ1v) is 4.40. The van der Waals surface area contributed by atoms with Crippen molar-refractivity contribution in [1.29, 1.82) is 0 Å². The highest BCUT2D eigenvalue weighted by Crippen LogP contribution is 2.23. The number of nitrogens with zero attached hydrogens (tertiary/aromatic N) is 1. The van der Waals surface area contributed by atoms with Gasteiger partial charge in [-0.15, -0.1) is 0 Å². The van der Waals surface area contributed by atoms with Gasteiger partial charge in [0.25, 0.3) is 0 Å². The van der Waals surface area contributed by atoms with Crippen LogP contribution in [0.25, 0.3) is 0 Å². The molecule has 0 aromatic rings. The van der Waals surface area contributed by atoms with E-state index in [2.05, 4.69) is 6.92 Å². The van der Waals surface area contributed by atoms with Gasteiger partial charge < -0.3 is 4.90 Å². The lowest BCUT2D eigenvalue weighted by atomic mass is 9.88. The van der Waals surface area contributed by atoms with Crippen LogP contribution < -0.4 is 0 Å². The molecule has 0 radical (unpaired) electrons. The van der Waals surface area contributed by atoms with Gasteiger partial charge in [-0.3, -0.25) is 4.79 Å². The number of hydrogen-bond acceptors (Lipinski definition) is 1. The maximum Gasteiger partial charge on any atom is 0.225 e. The first-order chi connectivity index (χ1) is 5.15. The zero-order valence-corrected chi connectivity index (χ0v) is 7.63. The number of likely N-dealkylation sites (tertiary alicyclic amines) is 1. The monoisotopic (exact) mass is 155 g/mol. The summed E-state index contributed by atoms with van der Waals surface area (Å²) in [6, 6.07) is 0. The van der Waals surface area contributed by atoms with Crippen LogP contribution in [-0.4, -0.2) is 24.4 Å². The minimum Gasteiger partial charge on any atom is -0.345 e. The second kappa shape index (κ2) is 3.24. The van der Waals surface area contributed by atoms with Gasteiger partial charge in [-0.2, -0.15) is 0 Å². The van der Waals surface area contributed by atoms with Crippen molar-refractivity contribution in [3.05, 3.63) is 0 Å². The summed E-state index contributed by atoms with van der Waals surface area (Å²) in [5, 5.41) is 0. The van der Waals surface area contributed by atoms with Gasteiger partial charge in [0, 0.05) is 19.5 Å². The minimum absolute atomic E-state index is 0.249. The van der Waals surface area contributed by atoms with Crippen molar-refractivity contribution in [2.75, 3.05) is 13.6 Å². The van der Waals surface area contributed by atoms with E-state index >= 15 is 0 Å². The quantitative estimate of drug-likeness (QED) is 0.562. The normalized spacial score (nSPS) is 32.6. The smallest absolute Gasteiger partial charge is 0.225 e. The van der Waals surface area contributed by atoms with Gasteiger partial charge in [0.05, 0.1) is 0 Å². The van der Waals surface area contributed by atoms with E-state index in [1.54, 1.807) is 0 Å². The molecule has 0 aliphatic carbocycles. The van der Waals surface area contributed by atoms with Crippen LogP contribution in [0.1, 0.15) is 26.7 Å². The predicted molar refractivity (Wildman–Crippen MR) is 45.2 cm³/mol. The minimum atomic E-state index is 0.249. The fourth-order valence-corrected chi connectivity index (χ4v) is 1.82. The number of carbonyl (C=O) groups excluding carboxylic acids is 1. The molecule has 0 bridgehead atoms. The molecule has 0 aromatic heterocycles. The summed E-state index contributed by atoms with van der Waals surface area (Å²) in [5.74, 6) is 1.29. The lowest BCUT2D eigenvalue weighted by Crippen LogP contribution is -2.41. The molecule has 2 nitrogen and oxygen atoms in total. The number of hydrogen-bond donors (Lipinski definition) is 0. The Bertz CT molecular complexity index is 142. The summed E-state index contributed by atoms with van der Waals surface area (Å²) in [5.41, 5.74) is 0. The Balaban J connectivity index is 2.54. The first-order valence-electron chi connectivity index (χ1n) is 4.40. The summed E-state index contributed by atoms with van der Waals surface area (Å²) in [7, 11) is 1.90. The molecular weight excluding hydrogens is 138 g/mol. The second-order valence-electron chi connectivity index (χ2n) is 3.63.